The van der Waals surface area contributed by atoms with Gasteiger partial charge in [-0.3, -0.25) is 9.63 Å². The van der Waals surface area contributed by atoms with Crippen LogP contribution in [0.3, 0.4) is 0 Å². The standard InChI is InChI=1S/C12H18N2O3/c1-8-4-5-11(16-3)10(6-8)9(2)14-17-7-12(13)15/h4-6,9,14H,7H2,1-3H3,(H2,13,15). The number of benzene rings is 1. The third-order valence-electron chi connectivity index (χ3n) is 2.33. The molecule has 0 aromatic heterocycles. The van der Waals surface area contributed by atoms with Crippen LogP contribution in [0.15, 0.2) is 18.2 Å². The van der Waals surface area contributed by atoms with Gasteiger partial charge in [0.2, 0.25) is 5.91 Å². The molecule has 1 aromatic rings. The van der Waals surface area contributed by atoms with E-state index >= 15 is 0 Å². The van der Waals surface area contributed by atoms with E-state index in [1.54, 1.807) is 7.11 Å². The van der Waals surface area contributed by atoms with Crippen molar-refractivity contribution in [1.82, 2.24) is 5.48 Å². The highest BCUT2D eigenvalue weighted by Crippen LogP contribution is 2.25. The molecule has 17 heavy (non-hydrogen) atoms. The number of hydrogen-bond donors (Lipinski definition) is 2. The normalized spacial score (nSPS) is 12.2. The second kappa shape index (κ2) is 6.22. The van der Waals surface area contributed by atoms with Gasteiger partial charge in [-0.1, -0.05) is 17.7 Å². The van der Waals surface area contributed by atoms with Gasteiger partial charge in [-0.05, 0) is 19.9 Å². The average molecular weight is 238 g/mol. The van der Waals surface area contributed by atoms with Gasteiger partial charge >= 0.3 is 0 Å². The van der Waals surface area contributed by atoms with Gasteiger partial charge < -0.3 is 10.5 Å². The van der Waals surface area contributed by atoms with Crippen molar-refractivity contribution in [3.63, 3.8) is 0 Å². The molecule has 1 aromatic carbocycles. The fraction of sp³-hybridized carbons (Fsp3) is 0.417. The van der Waals surface area contributed by atoms with Crippen LogP contribution in [0.5, 0.6) is 5.75 Å². The summed E-state index contributed by atoms with van der Waals surface area (Å²) in [5, 5.41) is 0. The number of nitrogens with one attached hydrogen (secondary N) is 1. The van der Waals surface area contributed by atoms with E-state index < -0.39 is 5.91 Å². The zero-order valence-corrected chi connectivity index (χ0v) is 10.3. The van der Waals surface area contributed by atoms with Crippen LogP contribution < -0.4 is 16.0 Å². The quantitative estimate of drug-likeness (QED) is 0.727. The lowest BCUT2D eigenvalue weighted by Gasteiger charge is -2.17. The second-order valence-electron chi connectivity index (χ2n) is 3.84. The van der Waals surface area contributed by atoms with Gasteiger partial charge in [0.15, 0.2) is 0 Å². The highest BCUT2D eigenvalue weighted by molar-refractivity contribution is 5.74. The van der Waals surface area contributed by atoms with Crippen LogP contribution in [0.4, 0.5) is 0 Å². The molecule has 0 saturated carbocycles. The number of hydroxylamine groups is 1. The van der Waals surface area contributed by atoms with Gasteiger partial charge in [-0.2, -0.15) is 5.48 Å². The van der Waals surface area contributed by atoms with Gasteiger partial charge in [0, 0.05) is 5.56 Å². The second-order valence-corrected chi connectivity index (χ2v) is 3.84. The SMILES string of the molecule is COc1ccc(C)cc1C(C)NOCC(N)=O. The van der Waals surface area contributed by atoms with Crippen LogP contribution >= 0.6 is 0 Å². The maximum atomic E-state index is 10.5. The number of hydrogen-bond acceptors (Lipinski definition) is 4. The minimum absolute atomic E-state index is 0.0933. The summed E-state index contributed by atoms with van der Waals surface area (Å²) in [6.07, 6.45) is 0. The number of rotatable bonds is 6. The smallest absolute Gasteiger partial charge is 0.245 e. The van der Waals surface area contributed by atoms with E-state index in [2.05, 4.69) is 5.48 Å². The Morgan fingerprint density at radius 1 is 1.53 bits per heavy atom. The molecule has 1 unspecified atom stereocenters. The van der Waals surface area contributed by atoms with Crippen LogP contribution in [-0.4, -0.2) is 19.6 Å². The first-order valence-electron chi connectivity index (χ1n) is 5.34. The summed E-state index contributed by atoms with van der Waals surface area (Å²) in [6, 6.07) is 5.78. The van der Waals surface area contributed by atoms with Crippen molar-refractivity contribution < 1.29 is 14.4 Å². The van der Waals surface area contributed by atoms with Crippen LogP contribution in [0, 0.1) is 6.92 Å². The molecule has 0 aliphatic carbocycles. The first-order chi connectivity index (χ1) is 8.04. The fourth-order valence-electron chi connectivity index (χ4n) is 1.49. The third kappa shape index (κ3) is 4.05. The Morgan fingerprint density at radius 3 is 2.82 bits per heavy atom. The highest BCUT2D eigenvalue weighted by Gasteiger charge is 2.11. The summed E-state index contributed by atoms with van der Waals surface area (Å²) in [6.45, 7) is 3.76. The Hall–Kier alpha value is -1.59. The lowest BCUT2D eigenvalue weighted by Crippen LogP contribution is -2.27. The van der Waals surface area contributed by atoms with Crippen molar-refractivity contribution in [3.05, 3.63) is 29.3 Å². The number of primary amides is 1. The molecule has 1 atom stereocenters. The monoisotopic (exact) mass is 238 g/mol. The molecule has 5 nitrogen and oxygen atoms in total. The van der Waals surface area contributed by atoms with Crippen LogP contribution in [0.25, 0.3) is 0 Å². The summed E-state index contributed by atoms with van der Waals surface area (Å²) in [7, 11) is 1.62. The molecule has 1 rings (SSSR count). The summed E-state index contributed by atoms with van der Waals surface area (Å²) in [5.74, 6) is 0.263. The molecule has 0 bridgehead atoms. The van der Waals surface area contributed by atoms with Gasteiger partial charge in [-0.15, -0.1) is 0 Å². The lowest BCUT2D eigenvalue weighted by molar-refractivity contribution is -0.126. The van der Waals surface area contributed by atoms with Crippen molar-refractivity contribution in [3.8, 4) is 5.75 Å². The zero-order valence-electron chi connectivity index (χ0n) is 10.3. The minimum atomic E-state index is -0.513. The number of ether oxygens (including phenoxy) is 1. The Morgan fingerprint density at radius 2 is 2.24 bits per heavy atom. The van der Waals surface area contributed by atoms with E-state index in [9.17, 15) is 4.79 Å². The zero-order chi connectivity index (χ0) is 12.8. The Labute approximate surface area is 101 Å². The number of methoxy groups -OCH3 is 1. The lowest BCUT2D eigenvalue weighted by atomic mass is 10.1. The van der Waals surface area contributed by atoms with Crippen molar-refractivity contribution >= 4 is 5.91 Å². The molecule has 0 heterocycles. The third-order valence-corrected chi connectivity index (χ3v) is 2.33. The number of carbonyl (C=O) groups is 1. The maximum Gasteiger partial charge on any atom is 0.245 e. The van der Waals surface area contributed by atoms with Crippen molar-refractivity contribution in [2.75, 3.05) is 13.7 Å². The van der Waals surface area contributed by atoms with Gasteiger partial charge in [0.1, 0.15) is 12.4 Å². The Bertz CT molecular complexity index is 393. The number of nitrogens with two attached hydrogens (primary N) is 1. The van der Waals surface area contributed by atoms with E-state index in [0.717, 1.165) is 16.9 Å². The maximum absolute atomic E-state index is 10.5. The Balaban J connectivity index is 2.69. The molecule has 0 aliphatic heterocycles. The molecular weight excluding hydrogens is 220 g/mol. The number of amides is 1. The minimum Gasteiger partial charge on any atom is -0.496 e. The van der Waals surface area contributed by atoms with Gasteiger partial charge in [-0.25, -0.2) is 0 Å². The van der Waals surface area contributed by atoms with Gasteiger partial charge in [0.25, 0.3) is 0 Å². The molecule has 94 valence electrons. The van der Waals surface area contributed by atoms with E-state index in [0.29, 0.717) is 0 Å². The predicted octanol–water partition coefficient (Wildman–Crippen LogP) is 1.07. The summed E-state index contributed by atoms with van der Waals surface area (Å²) < 4.78 is 5.26. The molecule has 0 radical (unpaired) electrons. The molecule has 1 amide bonds. The van der Waals surface area contributed by atoms with Crippen LogP contribution in [-0.2, 0) is 9.63 Å². The fourth-order valence-corrected chi connectivity index (χ4v) is 1.49. The molecule has 0 saturated heterocycles. The molecule has 5 heteroatoms. The van der Waals surface area contributed by atoms with E-state index in [1.807, 2.05) is 32.0 Å². The van der Waals surface area contributed by atoms with Gasteiger partial charge in [0.05, 0.1) is 13.2 Å². The average Bonchev–Trinajstić information content (AvgIpc) is 2.28. The van der Waals surface area contributed by atoms with Crippen molar-refractivity contribution in [2.45, 2.75) is 19.9 Å². The molecular formula is C12H18N2O3. The largest absolute Gasteiger partial charge is 0.496 e. The van der Waals surface area contributed by atoms with E-state index in [4.69, 9.17) is 15.3 Å². The molecule has 0 spiro atoms. The van der Waals surface area contributed by atoms with Crippen LogP contribution in [0.1, 0.15) is 24.1 Å². The Kier molecular flexibility index (Phi) is 4.93. The topological polar surface area (TPSA) is 73.6 Å². The summed E-state index contributed by atoms with van der Waals surface area (Å²) in [5.41, 5.74) is 9.82. The summed E-state index contributed by atoms with van der Waals surface area (Å²) >= 11 is 0. The first kappa shape index (κ1) is 13.5. The number of carbonyl (C=O) groups excluding carboxylic acids is 1. The van der Waals surface area contributed by atoms with Crippen molar-refractivity contribution in [1.29, 1.82) is 0 Å². The highest BCUT2D eigenvalue weighted by atomic mass is 16.6. The van der Waals surface area contributed by atoms with Crippen molar-refractivity contribution in [2.24, 2.45) is 5.73 Å². The number of aryl methyl sites for hydroxylation is 1. The molecule has 0 aliphatic rings. The molecule has 0 fully saturated rings. The first-order valence-corrected chi connectivity index (χ1v) is 5.34. The summed E-state index contributed by atoms with van der Waals surface area (Å²) in [4.78, 5) is 15.5. The predicted molar refractivity (Wildman–Crippen MR) is 64.4 cm³/mol. The van der Waals surface area contributed by atoms with E-state index in [1.165, 1.54) is 0 Å². The molecule has 3 N–H and O–H groups in total. The van der Waals surface area contributed by atoms with Crippen LogP contribution in [0.2, 0.25) is 0 Å². The van der Waals surface area contributed by atoms with E-state index in [-0.39, 0.29) is 12.6 Å².